The molecule has 0 atom stereocenters. The first kappa shape index (κ1) is 11.4. The van der Waals surface area contributed by atoms with Gasteiger partial charge in [-0.15, -0.1) is 0 Å². The maximum atomic E-state index is 11.5. The molecule has 82 valence electrons. The zero-order valence-corrected chi connectivity index (χ0v) is 9.38. The molecule has 0 bridgehead atoms. The van der Waals surface area contributed by atoms with Crippen LogP contribution in [0.3, 0.4) is 0 Å². The Morgan fingerprint density at radius 1 is 1.27 bits per heavy atom. The Morgan fingerprint density at radius 3 is 2.40 bits per heavy atom. The molecular formula is C11H15NO3. The van der Waals surface area contributed by atoms with Crippen LogP contribution < -0.4 is 14.8 Å². The molecule has 0 saturated carbocycles. The zero-order chi connectivity index (χ0) is 11.4. The van der Waals surface area contributed by atoms with Gasteiger partial charge < -0.3 is 14.8 Å². The van der Waals surface area contributed by atoms with Crippen LogP contribution in [0.25, 0.3) is 0 Å². The number of benzene rings is 1. The molecule has 4 heteroatoms. The van der Waals surface area contributed by atoms with Gasteiger partial charge >= 0.3 is 0 Å². The minimum atomic E-state index is -0.131. The largest absolute Gasteiger partial charge is 0.493 e. The lowest BCUT2D eigenvalue weighted by Gasteiger charge is -2.13. The van der Waals surface area contributed by atoms with E-state index in [1.807, 2.05) is 6.92 Å². The molecule has 15 heavy (non-hydrogen) atoms. The number of methoxy groups -OCH3 is 2. The summed E-state index contributed by atoms with van der Waals surface area (Å²) >= 11 is 0. The highest BCUT2D eigenvalue weighted by atomic mass is 16.5. The van der Waals surface area contributed by atoms with E-state index in [-0.39, 0.29) is 5.91 Å². The van der Waals surface area contributed by atoms with Crippen LogP contribution in [-0.2, 0) is 0 Å². The Morgan fingerprint density at radius 2 is 1.93 bits per heavy atom. The van der Waals surface area contributed by atoms with Gasteiger partial charge in [0.15, 0.2) is 11.5 Å². The Hall–Kier alpha value is -1.71. The molecule has 0 heterocycles. The van der Waals surface area contributed by atoms with Gasteiger partial charge in [-0.1, -0.05) is 0 Å². The Bertz CT molecular complexity index is 374. The predicted octanol–water partition coefficient (Wildman–Crippen LogP) is 1.37. The first-order valence-corrected chi connectivity index (χ1v) is 4.59. The third kappa shape index (κ3) is 2.03. The van der Waals surface area contributed by atoms with E-state index < -0.39 is 0 Å². The van der Waals surface area contributed by atoms with Crippen LogP contribution >= 0.6 is 0 Å². The van der Waals surface area contributed by atoms with Crippen molar-refractivity contribution in [1.29, 1.82) is 0 Å². The quantitative estimate of drug-likeness (QED) is 0.818. The molecule has 0 unspecified atom stereocenters. The van der Waals surface area contributed by atoms with Gasteiger partial charge in [0, 0.05) is 18.2 Å². The van der Waals surface area contributed by atoms with Crippen LogP contribution in [0, 0.1) is 6.92 Å². The molecule has 0 fully saturated rings. The number of carbonyl (C=O) groups excluding carboxylic acids is 1. The smallest absolute Gasteiger partial charge is 0.251 e. The first-order valence-electron chi connectivity index (χ1n) is 4.59. The van der Waals surface area contributed by atoms with Crippen molar-refractivity contribution in [2.45, 2.75) is 6.92 Å². The zero-order valence-electron chi connectivity index (χ0n) is 9.38. The maximum Gasteiger partial charge on any atom is 0.251 e. The molecular weight excluding hydrogens is 194 g/mol. The van der Waals surface area contributed by atoms with Crippen LogP contribution in [0.15, 0.2) is 12.1 Å². The van der Waals surface area contributed by atoms with Crippen molar-refractivity contribution in [3.8, 4) is 11.5 Å². The van der Waals surface area contributed by atoms with Crippen molar-refractivity contribution in [2.75, 3.05) is 21.3 Å². The molecule has 0 radical (unpaired) electrons. The summed E-state index contributed by atoms with van der Waals surface area (Å²) in [5.41, 5.74) is 1.37. The van der Waals surface area contributed by atoms with Crippen LogP contribution in [0.2, 0.25) is 0 Å². The third-order valence-corrected chi connectivity index (χ3v) is 2.27. The van der Waals surface area contributed by atoms with Crippen molar-refractivity contribution >= 4 is 5.91 Å². The van der Waals surface area contributed by atoms with Crippen LogP contribution in [0.5, 0.6) is 11.5 Å². The monoisotopic (exact) mass is 209 g/mol. The molecule has 0 spiro atoms. The van der Waals surface area contributed by atoms with E-state index in [4.69, 9.17) is 9.47 Å². The Balaban J connectivity index is 3.29. The van der Waals surface area contributed by atoms with E-state index in [1.165, 1.54) is 0 Å². The van der Waals surface area contributed by atoms with Crippen LogP contribution in [-0.4, -0.2) is 27.2 Å². The summed E-state index contributed by atoms with van der Waals surface area (Å²) < 4.78 is 10.3. The van der Waals surface area contributed by atoms with Gasteiger partial charge in [0.05, 0.1) is 14.2 Å². The molecule has 1 rings (SSSR count). The van der Waals surface area contributed by atoms with Crippen molar-refractivity contribution in [1.82, 2.24) is 5.32 Å². The summed E-state index contributed by atoms with van der Waals surface area (Å²) in [5, 5.41) is 2.58. The average molecular weight is 209 g/mol. The highest BCUT2D eigenvalue weighted by molar-refractivity contribution is 5.96. The number of ether oxygens (including phenoxy) is 2. The Kier molecular flexibility index (Phi) is 3.55. The molecule has 0 saturated heterocycles. The van der Waals surface area contributed by atoms with E-state index in [0.29, 0.717) is 17.1 Å². The molecule has 0 aliphatic heterocycles. The molecule has 0 aromatic heterocycles. The van der Waals surface area contributed by atoms with E-state index >= 15 is 0 Å². The summed E-state index contributed by atoms with van der Waals surface area (Å²) in [5.74, 6) is 1.09. The highest BCUT2D eigenvalue weighted by Gasteiger charge is 2.14. The summed E-state index contributed by atoms with van der Waals surface area (Å²) in [4.78, 5) is 11.5. The summed E-state index contributed by atoms with van der Waals surface area (Å²) in [6.45, 7) is 1.83. The van der Waals surface area contributed by atoms with Crippen molar-refractivity contribution in [3.63, 3.8) is 0 Å². The van der Waals surface area contributed by atoms with Gasteiger partial charge in [0.25, 0.3) is 5.91 Å². The van der Waals surface area contributed by atoms with Gasteiger partial charge in [-0.05, 0) is 19.1 Å². The number of carbonyl (C=O) groups is 1. The number of nitrogens with one attached hydrogen (secondary N) is 1. The lowest BCUT2D eigenvalue weighted by atomic mass is 10.1. The minimum absolute atomic E-state index is 0.131. The molecule has 0 aliphatic carbocycles. The van der Waals surface area contributed by atoms with Gasteiger partial charge in [-0.2, -0.15) is 0 Å². The third-order valence-electron chi connectivity index (χ3n) is 2.27. The van der Waals surface area contributed by atoms with Crippen LogP contribution in [0.4, 0.5) is 0 Å². The fourth-order valence-electron chi connectivity index (χ4n) is 1.46. The summed E-state index contributed by atoms with van der Waals surface area (Å²) in [7, 11) is 4.72. The van der Waals surface area contributed by atoms with Gasteiger partial charge in [0.1, 0.15) is 0 Å². The highest BCUT2D eigenvalue weighted by Crippen LogP contribution is 2.32. The molecule has 4 nitrogen and oxygen atoms in total. The van der Waals surface area contributed by atoms with Crippen molar-refractivity contribution < 1.29 is 14.3 Å². The van der Waals surface area contributed by atoms with E-state index in [0.717, 1.165) is 5.56 Å². The normalized spacial score (nSPS) is 9.60. The van der Waals surface area contributed by atoms with Gasteiger partial charge in [0.2, 0.25) is 0 Å². The number of hydrogen-bond acceptors (Lipinski definition) is 3. The molecule has 1 aromatic rings. The molecule has 1 aromatic carbocycles. The maximum absolute atomic E-state index is 11.5. The lowest BCUT2D eigenvalue weighted by Crippen LogP contribution is -2.19. The lowest BCUT2D eigenvalue weighted by molar-refractivity contribution is 0.0962. The Labute approximate surface area is 89.2 Å². The SMILES string of the molecule is CNC(=O)c1ccc(OC)c(OC)c1C. The number of amides is 1. The topological polar surface area (TPSA) is 47.6 Å². The van der Waals surface area contributed by atoms with Crippen molar-refractivity contribution in [2.24, 2.45) is 0 Å². The fourth-order valence-corrected chi connectivity index (χ4v) is 1.46. The average Bonchev–Trinajstić information content (AvgIpc) is 2.27. The first-order chi connectivity index (χ1) is 7.15. The summed E-state index contributed by atoms with van der Waals surface area (Å²) in [6.07, 6.45) is 0. The van der Waals surface area contributed by atoms with E-state index in [2.05, 4.69) is 5.32 Å². The molecule has 0 aliphatic rings. The second-order valence-corrected chi connectivity index (χ2v) is 3.05. The van der Waals surface area contributed by atoms with Crippen LogP contribution in [0.1, 0.15) is 15.9 Å². The minimum Gasteiger partial charge on any atom is -0.493 e. The second kappa shape index (κ2) is 4.68. The van der Waals surface area contributed by atoms with E-state index in [1.54, 1.807) is 33.4 Å². The molecule has 1 amide bonds. The van der Waals surface area contributed by atoms with Gasteiger partial charge in [-0.25, -0.2) is 0 Å². The number of rotatable bonds is 3. The standard InChI is InChI=1S/C11H15NO3/c1-7-8(11(13)12-2)5-6-9(14-3)10(7)15-4/h5-6H,1-4H3,(H,12,13). The van der Waals surface area contributed by atoms with Crippen molar-refractivity contribution in [3.05, 3.63) is 23.3 Å². The second-order valence-electron chi connectivity index (χ2n) is 3.05. The summed E-state index contributed by atoms with van der Waals surface area (Å²) in [6, 6.07) is 3.44. The van der Waals surface area contributed by atoms with Gasteiger partial charge in [-0.3, -0.25) is 4.79 Å². The fraction of sp³-hybridized carbons (Fsp3) is 0.364. The number of hydrogen-bond donors (Lipinski definition) is 1. The molecule has 1 N–H and O–H groups in total. The predicted molar refractivity (Wildman–Crippen MR) is 57.7 cm³/mol. The van der Waals surface area contributed by atoms with E-state index in [9.17, 15) is 4.79 Å².